The molecule has 1 aromatic carbocycles. The second-order valence-corrected chi connectivity index (χ2v) is 6.17. The van der Waals surface area contributed by atoms with E-state index in [0.29, 0.717) is 12.2 Å². The van der Waals surface area contributed by atoms with Gasteiger partial charge >= 0.3 is 5.69 Å². The van der Waals surface area contributed by atoms with Crippen LogP contribution in [0.15, 0.2) is 46.0 Å². The number of pyridine rings is 1. The van der Waals surface area contributed by atoms with E-state index >= 15 is 0 Å². The number of rotatable bonds is 5. The van der Waals surface area contributed by atoms with Crippen LogP contribution in [0, 0.1) is 0 Å². The number of benzene rings is 1. The summed E-state index contributed by atoms with van der Waals surface area (Å²) in [4.78, 5) is 41.2. The van der Waals surface area contributed by atoms with Crippen LogP contribution in [0.2, 0.25) is 0 Å². The van der Waals surface area contributed by atoms with E-state index in [1.807, 2.05) is 31.2 Å². The zero-order valence-electron chi connectivity index (χ0n) is 16.3. The first-order chi connectivity index (χ1) is 12.9. The van der Waals surface area contributed by atoms with Crippen LogP contribution in [0.4, 0.5) is 5.69 Å². The van der Waals surface area contributed by atoms with Gasteiger partial charge in [0.2, 0.25) is 0 Å². The number of anilines is 1. The van der Waals surface area contributed by atoms with E-state index in [2.05, 4.69) is 15.6 Å². The molecule has 10 heteroatoms. The highest BCUT2D eigenvalue weighted by Gasteiger charge is 2.15. The summed E-state index contributed by atoms with van der Waals surface area (Å²) < 4.78 is 2.27. The first kappa shape index (κ1) is 24.4. The predicted octanol–water partition coefficient (Wildman–Crippen LogP) is 1.84. The molecular formula is C19H23Cl2N5O3. The van der Waals surface area contributed by atoms with Crippen molar-refractivity contribution < 1.29 is 4.79 Å². The summed E-state index contributed by atoms with van der Waals surface area (Å²) in [6.07, 6.45) is 0. The van der Waals surface area contributed by atoms with Crippen molar-refractivity contribution in [2.75, 3.05) is 11.9 Å². The molecule has 0 aliphatic carbocycles. The molecule has 0 spiro atoms. The van der Waals surface area contributed by atoms with Gasteiger partial charge in [0.15, 0.2) is 0 Å². The van der Waals surface area contributed by atoms with Crippen molar-refractivity contribution in [1.29, 1.82) is 0 Å². The molecule has 2 N–H and O–H groups in total. The molecular weight excluding hydrogens is 417 g/mol. The molecule has 8 nitrogen and oxygen atoms in total. The van der Waals surface area contributed by atoms with Gasteiger partial charge in [-0.3, -0.25) is 18.7 Å². The van der Waals surface area contributed by atoms with E-state index < -0.39 is 17.2 Å². The lowest BCUT2D eigenvalue weighted by atomic mass is 10.1. The smallest absolute Gasteiger partial charge is 0.320 e. The predicted molar refractivity (Wildman–Crippen MR) is 118 cm³/mol. The number of hydrogen-bond donors (Lipinski definition) is 2. The van der Waals surface area contributed by atoms with Crippen LogP contribution in [0.5, 0.6) is 0 Å². The number of aromatic nitrogens is 3. The fourth-order valence-electron chi connectivity index (χ4n) is 2.82. The lowest BCUT2D eigenvalue weighted by molar-refractivity contribution is 0.102. The van der Waals surface area contributed by atoms with Crippen molar-refractivity contribution >= 4 is 47.4 Å². The quantitative estimate of drug-likeness (QED) is 0.631. The van der Waals surface area contributed by atoms with Crippen LogP contribution in [-0.4, -0.2) is 26.6 Å². The van der Waals surface area contributed by atoms with Gasteiger partial charge in [0.25, 0.3) is 11.5 Å². The molecule has 0 unspecified atom stereocenters. The Balaban J connectivity index is 0.00000210. The van der Waals surface area contributed by atoms with E-state index in [1.165, 1.54) is 30.8 Å². The number of carbonyl (C=O) groups is 1. The van der Waals surface area contributed by atoms with Crippen molar-refractivity contribution in [3.05, 3.63) is 68.5 Å². The van der Waals surface area contributed by atoms with Crippen LogP contribution in [0.25, 0.3) is 11.0 Å². The Labute approximate surface area is 179 Å². The van der Waals surface area contributed by atoms with Gasteiger partial charge in [-0.05, 0) is 30.3 Å². The van der Waals surface area contributed by atoms with E-state index in [1.54, 1.807) is 0 Å². The maximum atomic E-state index is 12.7. The third kappa shape index (κ3) is 4.84. The Morgan fingerprint density at radius 2 is 1.72 bits per heavy atom. The molecule has 2 aromatic heterocycles. The Bertz CT molecular complexity index is 1140. The van der Waals surface area contributed by atoms with Gasteiger partial charge in [-0.2, -0.15) is 0 Å². The topological polar surface area (TPSA) is 98.0 Å². The Hall–Kier alpha value is -2.68. The van der Waals surface area contributed by atoms with Gasteiger partial charge in [0.1, 0.15) is 11.3 Å². The third-order valence-corrected chi connectivity index (χ3v) is 4.37. The zero-order valence-corrected chi connectivity index (χ0v) is 17.9. The molecule has 0 aliphatic heterocycles. The maximum absolute atomic E-state index is 12.7. The molecule has 0 aliphatic rings. The minimum Gasteiger partial charge on any atom is -0.320 e. The molecule has 3 aromatic rings. The summed E-state index contributed by atoms with van der Waals surface area (Å²) in [6.45, 7) is 3.45. The zero-order chi connectivity index (χ0) is 19.6. The second-order valence-electron chi connectivity index (χ2n) is 6.17. The number of carbonyl (C=O) groups excluding carboxylic acids is 1. The highest BCUT2D eigenvalue weighted by Crippen LogP contribution is 2.16. The molecule has 156 valence electrons. The van der Waals surface area contributed by atoms with Crippen LogP contribution >= 0.6 is 24.8 Å². The minimum atomic E-state index is -0.492. The fourth-order valence-corrected chi connectivity index (χ4v) is 2.82. The lowest BCUT2D eigenvalue weighted by Gasteiger charge is -2.12. The summed E-state index contributed by atoms with van der Waals surface area (Å²) in [5.41, 5.74) is 1.01. The number of nitrogens with one attached hydrogen (secondary N) is 2. The molecule has 1 amide bonds. The van der Waals surface area contributed by atoms with E-state index in [4.69, 9.17) is 0 Å². The summed E-state index contributed by atoms with van der Waals surface area (Å²) in [7, 11) is 2.93. The van der Waals surface area contributed by atoms with E-state index in [9.17, 15) is 14.4 Å². The standard InChI is InChI=1S/C19H21N5O3.2ClH/c1-4-20-11-12-7-5-6-8-14(12)22-17(25)15-10-9-13-16(21-15)23(2)19(27)24(3)18(13)26;;/h5-10,20H,4,11H2,1-3H3,(H,22,25);2*1H. The Morgan fingerprint density at radius 1 is 1.03 bits per heavy atom. The molecule has 0 atom stereocenters. The van der Waals surface area contributed by atoms with E-state index in [-0.39, 0.29) is 41.5 Å². The first-order valence-corrected chi connectivity index (χ1v) is 8.60. The number of amides is 1. The van der Waals surface area contributed by atoms with Gasteiger partial charge in [-0.25, -0.2) is 9.78 Å². The Kier molecular flexibility index (Phi) is 8.57. The summed E-state index contributed by atoms with van der Waals surface area (Å²) in [5, 5.41) is 6.35. The van der Waals surface area contributed by atoms with Gasteiger partial charge in [0, 0.05) is 26.3 Å². The second kappa shape index (κ2) is 10.2. The average Bonchev–Trinajstić information content (AvgIpc) is 2.69. The van der Waals surface area contributed by atoms with Crippen LogP contribution < -0.4 is 21.9 Å². The molecule has 0 fully saturated rings. The highest BCUT2D eigenvalue weighted by atomic mass is 35.5. The molecule has 0 bridgehead atoms. The monoisotopic (exact) mass is 439 g/mol. The minimum absolute atomic E-state index is 0. The van der Waals surface area contributed by atoms with Gasteiger partial charge < -0.3 is 10.6 Å². The van der Waals surface area contributed by atoms with Crippen molar-refractivity contribution in [1.82, 2.24) is 19.4 Å². The van der Waals surface area contributed by atoms with Gasteiger partial charge in [0.05, 0.1) is 5.39 Å². The molecule has 29 heavy (non-hydrogen) atoms. The number of halogens is 2. The molecule has 3 rings (SSSR count). The first-order valence-electron chi connectivity index (χ1n) is 8.60. The van der Waals surface area contributed by atoms with Crippen molar-refractivity contribution in [3.63, 3.8) is 0 Å². The normalized spacial score (nSPS) is 10.2. The largest absolute Gasteiger partial charge is 0.332 e. The van der Waals surface area contributed by atoms with Crippen molar-refractivity contribution in [2.45, 2.75) is 13.5 Å². The van der Waals surface area contributed by atoms with Crippen LogP contribution in [0.1, 0.15) is 23.0 Å². The number of aryl methyl sites for hydroxylation is 1. The van der Waals surface area contributed by atoms with Gasteiger partial charge in [-0.15, -0.1) is 24.8 Å². The fraction of sp³-hybridized carbons (Fsp3) is 0.263. The van der Waals surface area contributed by atoms with Crippen molar-refractivity contribution in [2.24, 2.45) is 14.1 Å². The molecule has 0 saturated heterocycles. The maximum Gasteiger partial charge on any atom is 0.332 e. The SMILES string of the molecule is CCNCc1ccccc1NC(=O)c1ccc2c(=O)n(C)c(=O)n(C)c2n1.Cl.Cl. The van der Waals surface area contributed by atoms with E-state index in [0.717, 1.165) is 16.7 Å². The average molecular weight is 440 g/mol. The van der Waals surface area contributed by atoms with Gasteiger partial charge in [-0.1, -0.05) is 25.1 Å². The summed E-state index contributed by atoms with van der Waals surface area (Å²) >= 11 is 0. The molecule has 0 radical (unpaired) electrons. The number of fused-ring (bicyclic) bond motifs is 1. The highest BCUT2D eigenvalue weighted by molar-refractivity contribution is 6.04. The Morgan fingerprint density at radius 3 is 2.41 bits per heavy atom. The summed E-state index contributed by atoms with van der Waals surface area (Å²) in [5.74, 6) is -0.408. The van der Waals surface area contributed by atoms with Crippen LogP contribution in [0.3, 0.4) is 0 Å². The lowest BCUT2D eigenvalue weighted by Crippen LogP contribution is -2.37. The van der Waals surface area contributed by atoms with Crippen molar-refractivity contribution in [3.8, 4) is 0 Å². The van der Waals surface area contributed by atoms with Crippen LogP contribution in [-0.2, 0) is 20.6 Å². The number of hydrogen-bond acceptors (Lipinski definition) is 5. The summed E-state index contributed by atoms with van der Waals surface area (Å²) in [6, 6.07) is 10.5. The number of nitrogens with zero attached hydrogens (tertiary/aromatic N) is 3. The molecule has 0 saturated carbocycles. The molecule has 2 heterocycles. The number of para-hydroxylation sites is 1. The third-order valence-electron chi connectivity index (χ3n) is 4.37.